The Morgan fingerprint density at radius 1 is 1.38 bits per heavy atom. The number of rotatable bonds is 0. The molecule has 2 rings (SSSR count). The molecule has 1 aliphatic rings. The summed E-state index contributed by atoms with van der Waals surface area (Å²) in [5.74, 6) is 0.0520. The van der Waals surface area contributed by atoms with Crippen molar-refractivity contribution in [3.8, 4) is 0 Å². The summed E-state index contributed by atoms with van der Waals surface area (Å²) in [4.78, 5) is 15.5. The highest BCUT2D eigenvalue weighted by molar-refractivity contribution is 6.41. The summed E-state index contributed by atoms with van der Waals surface area (Å²) in [6, 6.07) is 7.65. The Kier molecular flexibility index (Phi) is 1.85. The van der Waals surface area contributed by atoms with Crippen LogP contribution >= 0.6 is 0 Å². The Labute approximate surface area is 76.5 Å². The van der Waals surface area contributed by atoms with E-state index in [-0.39, 0.29) is 5.78 Å². The zero-order chi connectivity index (χ0) is 9.26. The quantitative estimate of drug-likeness (QED) is 0.651. The van der Waals surface area contributed by atoms with Gasteiger partial charge in [0.25, 0.3) is 0 Å². The van der Waals surface area contributed by atoms with Crippen molar-refractivity contribution in [1.82, 2.24) is 0 Å². The van der Waals surface area contributed by atoms with Gasteiger partial charge in [-0.2, -0.15) is 0 Å². The average Bonchev–Trinajstić information content (AvgIpc) is 2.28. The van der Waals surface area contributed by atoms with Gasteiger partial charge in [0.1, 0.15) is 0 Å². The van der Waals surface area contributed by atoms with Crippen LogP contribution < -0.4 is 5.32 Å². The van der Waals surface area contributed by atoms with Crippen molar-refractivity contribution < 1.29 is 4.79 Å². The predicted molar refractivity (Wildman–Crippen MR) is 52.7 cm³/mol. The van der Waals surface area contributed by atoms with E-state index in [1.165, 1.54) is 0 Å². The van der Waals surface area contributed by atoms with E-state index in [9.17, 15) is 4.79 Å². The molecule has 3 heteroatoms. The van der Waals surface area contributed by atoms with E-state index in [1.54, 1.807) is 6.92 Å². The molecule has 0 saturated heterocycles. The third-order valence-corrected chi connectivity index (χ3v) is 2.04. The van der Waals surface area contributed by atoms with Crippen LogP contribution in [0.25, 0.3) is 0 Å². The van der Waals surface area contributed by atoms with Crippen LogP contribution in [0, 0.1) is 0 Å². The normalized spacial score (nSPS) is 15.5. The van der Waals surface area contributed by atoms with Gasteiger partial charge in [-0.1, -0.05) is 12.1 Å². The van der Waals surface area contributed by atoms with Crippen LogP contribution in [0.1, 0.15) is 6.92 Å². The molecule has 1 aliphatic heterocycles. The molecule has 0 radical (unpaired) electrons. The van der Waals surface area contributed by atoms with Crippen LogP contribution in [0.2, 0.25) is 0 Å². The number of nitrogens with zero attached hydrogens (tertiary/aromatic N) is 1. The second kappa shape index (κ2) is 3.01. The molecule has 13 heavy (non-hydrogen) atoms. The second-order valence-electron chi connectivity index (χ2n) is 2.99. The summed E-state index contributed by atoms with van der Waals surface area (Å²) < 4.78 is 0. The molecule has 0 unspecified atom stereocenters. The SMILES string of the molecule is CC1=Nc2ccccc2NCC1=O. The minimum Gasteiger partial charge on any atom is -0.376 e. The number of benzene rings is 1. The number of hydrogen-bond acceptors (Lipinski definition) is 3. The molecular formula is C10H10N2O. The largest absolute Gasteiger partial charge is 0.376 e. The zero-order valence-electron chi connectivity index (χ0n) is 7.37. The molecule has 1 aromatic carbocycles. The molecular weight excluding hydrogens is 164 g/mol. The van der Waals surface area contributed by atoms with Crippen molar-refractivity contribution in [3.63, 3.8) is 0 Å². The molecule has 0 aliphatic carbocycles. The van der Waals surface area contributed by atoms with E-state index in [0.29, 0.717) is 12.3 Å². The summed E-state index contributed by atoms with van der Waals surface area (Å²) in [6.07, 6.45) is 0. The number of ketones is 1. The third kappa shape index (κ3) is 1.45. The summed E-state index contributed by atoms with van der Waals surface area (Å²) >= 11 is 0. The van der Waals surface area contributed by atoms with Crippen molar-refractivity contribution >= 4 is 22.9 Å². The first-order valence-electron chi connectivity index (χ1n) is 4.19. The van der Waals surface area contributed by atoms with Crippen LogP contribution in [0.4, 0.5) is 11.4 Å². The van der Waals surface area contributed by atoms with Crippen LogP contribution in [0.3, 0.4) is 0 Å². The van der Waals surface area contributed by atoms with Crippen LogP contribution in [0.5, 0.6) is 0 Å². The number of fused-ring (bicyclic) bond motifs is 1. The van der Waals surface area contributed by atoms with Crippen molar-refractivity contribution in [2.45, 2.75) is 6.92 Å². The lowest BCUT2D eigenvalue weighted by Crippen LogP contribution is -2.18. The maximum Gasteiger partial charge on any atom is 0.195 e. The van der Waals surface area contributed by atoms with Crippen molar-refractivity contribution in [1.29, 1.82) is 0 Å². The lowest BCUT2D eigenvalue weighted by Gasteiger charge is -2.02. The third-order valence-electron chi connectivity index (χ3n) is 2.04. The standard InChI is InChI=1S/C10H10N2O/c1-7-10(13)6-11-8-4-2-3-5-9(8)12-7/h2-5,11H,6H2,1H3. The number of nitrogens with one attached hydrogen (secondary N) is 1. The van der Waals surface area contributed by atoms with E-state index in [0.717, 1.165) is 11.4 Å². The monoisotopic (exact) mass is 174 g/mol. The molecule has 3 nitrogen and oxygen atoms in total. The number of Topliss-reactive ketones (excluding diaryl/α,β-unsaturated/α-hetero) is 1. The first kappa shape index (κ1) is 7.98. The zero-order valence-corrected chi connectivity index (χ0v) is 7.37. The first-order chi connectivity index (χ1) is 6.27. The Morgan fingerprint density at radius 2 is 2.15 bits per heavy atom. The minimum atomic E-state index is 0.0520. The second-order valence-corrected chi connectivity index (χ2v) is 2.99. The van der Waals surface area contributed by atoms with Crippen LogP contribution in [-0.4, -0.2) is 18.0 Å². The van der Waals surface area contributed by atoms with Crippen LogP contribution in [0.15, 0.2) is 29.3 Å². The Hall–Kier alpha value is -1.64. The average molecular weight is 174 g/mol. The van der Waals surface area contributed by atoms with E-state index < -0.39 is 0 Å². The molecule has 0 amide bonds. The highest BCUT2D eigenvalue weighted by atomic mass is 16.1. The molecule has 0 fully saturated rings. The van der Waals surface area contributed by atoms with Gasteiger partial charge in [0.15, 0.2) is 5.78 Å². The number of carbonyl (C=O) groups is 1. The van der Waals surface area contributed by atoms with Crippen molar-refractivity contribution in [2.75, 3.05) is 11.9 Å². The van der Waals surface area contributed by atoms with Gasteiger partial charge in [-0.15, -0.1) is 0 Å². The molecule has 66 valence electrons. The molecule has 1 N–H and O–H groups in total. The Bertz CT molecular complexity index is 382. The first-order valence-corrected chi connectivity index (χ1v) is 4.19. The number of aliphatic imine (C=N–C) groups is 1. The smallest absolute Gasteiger partial charge is 0.195 e. The molecule has 0 aromatic heterocycles. The van der Waals surface area contributed by atoms with E-state index >= 15 is 0 Å². The number of carbonyl (C=O) groups excluding carboxylic acids is 1. The highest BCUT2D eigenvalue weighted by Crippen LogP contribution is 2.25. The number of para-hydroxylation sites is 2. The van der Waals surface area contributed by atoms with Gasteiger partial charge < -0.3 is 5.32 Å². The summed E-state index contributed by atoms with van der Waals surface area (Å²) in [5, 5.41) is 3.04. The van der Waals surface area contributed by atoms with Gasteiger partial charge in [0, 0.05) is 0 Å². The van der Waals surface area contributed by atoms with Crippen molar-refractivity contribution in [2.24, 2.45) is 4.99 Å². The van der Waals surface area contributed by atoms with Gasteiger partial charge in [0.2, 0.25) is 0 Å². The number of hydrogen-bond donors (Lipinski definition) is 1. The van der Waals surface area contributed by atoms with Gasteiger partial charge in [-0.25, -0.2) is 4.99 Å². The summed E-state index contributed by atoms with van der Waals surface area (Å²) in [5.41, 5.74) is 2.33. The van der Waals surface area contributed by atoms with Crippen LogP contribution in [-0.2, 0) is 4.79 Å². The van der Waals surface area contributed by atoms with Gasteiger partial charge in [-0.3, -0.25) is 4.79 Å². The fourth-order valence-corrected chi connectivity index (χ4v) is 1.27. The minimum absolute atomic E-state index is 0.0520. The molecule has 1 aromatic rings. The maximum atomic E-state index is 11.3. The molecule has 0 bridgehead atoms. The highest BCUT2D eigenvalue weighted by Gasteiger charge is 2.12. The Balaban J connectivity index is 2.51. The predicted octanol–water partition coefficient (Wildman–Crippen LogP) is 1.77. The lowest BCUT2D eigenvalue weighted by molar-refractivity contribution is -0.111. The summed E-state index contributed by atoms with van der Waals surface area (Å²) in [7, 11) is 0. The lowest BCUT2D eigenvalue weighted by atomic mass is 10.3. The van der Waals surface area contributed by atoms with E-state index in [4.69, 9.17) is 0 Å². The Morgan fingerprint density at radius 3 is 3.00 bits per heavy atom. The molecule has 0 atom stereocenters. The van der Waals surface area contributed by atoms with Gasteiger partial charge in [0.05, 0.1) is 23.6 Å². The van der Waals surface area contributed by atoms with Gasteiger partial charge >= 0.3 is 0 Å². The van der Waals surface area contributed by atoms with Crippen molar-refractivity contribution in [3.05, 3.63) is 24.3 Å². The summed E-state index contributed by atoms with van der Waals surface area (Å²) in [6.45, 7) is 2.08. The molecule has 0 saturated carbocycles. The maximum absolute atomic E-state index is 11.3. The molecule has 0 spiro atoms. The van der Waals surface area contributed by atoms with E-state index in [1.807, 2.05) is 24.3 Å². The fourth-order valence-electron chi connectivity index (χ4n) is 1.27. The topological polar surface area (TPSA) is 41.5 Å². The number of anilines is 1. The van der Waals surface area contributed by atoms with E-state index in [2.05, 4.69) is 10.3 Å². The molecule has 1 heterocycles. The van der Waals surface area contributed by atoms with Gasteiger partial charge in [-0.05, 0) is 19.1 Å². The fraction of sp³-hybridized carbons (Fsp3) is 0.200.